The molecule has 2 nitrogen and oxygen atoms in total. The van der Waals surface area contributed by atoms with Crippen LogP contribution in [0.15, 0.2) is 18.2 Å². The standard InChI is InChI=1S/C11H17NO/c1-8(2)11-6-10(13-3)5-4-9(11)7-12/h4-6,8H,7,12H2,1-3H3. The molecule has 0 bridgehead atoms. The van der Waals surface area contributed by atoms with Crippen molar-refractivity contribution in [2.24, 2.45) is 5.73 Å². The molecule has 1 aromatic carbocycles. The van der Waals surface area contributed by atoms with Gasteiger partial charge in [0.1, 0.15) is 5.75 Å². The minimum atomic E-state index is 0.494. The first-order chi connectivity index (χ1) is 6.19. The van der Waals surface area contributed by atoms with Gasteiger partial charge in [-0.1, -0.05) is 19.9 Å². The van der Waals surface area contributed by atoms with Crippen molar-refractivity contribution in [3.05, 3.63) is 29.3 Å². The summed E-state index contributed by atoms with van der Waals surface area (Å²) in [6.45, 7) is 4.92. The lowest BCUT2D eigenvalue weighted by Crippen LogP contribution is -2.03. The molecule has 13 heavy (non-hydrogen) atoms. The molecule has 0 unspecified atom stereocenters. The fraction of sp³-hybridized carbons (Fsp3) is 0.455. The molecule has 0 fully saturated rings. The van der Waals surface area contributed by atoms with E-state index in [9.17, 15) is 0 Å². The maximum absolute atomic E-state index is 5.64. The lowest BCUT2D eigenvalue weighted by molar-refractivity contribution is 0.414. The summed E-state index contributed by atoms with van der Waals surface area (Å²) in [6, 6.07) is 6.05. The lowest BCUT2D eigenvalue weighted by atomic mass is 9.97. The van der Waals surface area contributed by atoms with Crippen LogP contribution in [-0.4, -0.2) is 7.11 Å². The monoisotopic (exact) mass is 179 g/mol. The Balaban J connectivity index is 3.10. The van der Waals surface area contributed by atoms with Crippen LogP contribution in [0.4, 0.5) is 0 Å². The molecule has 0 saturated heterocycles. The summed E-state index contributed by atoms with van der Waals surface area (Å²) in [5.41, 5.74) is 8.12. The van der Waals surface area contributed by atoms with Crippen LogP contribution >= 0.6 is 0 Å². The molecule has 72 valence electrons. The predicted molar refractivity (Wildman–Crippen MR) is 55.0 cm³/mol. The summed E-state index contributed by atoms with van der Waals surface area (Å²) in [5, 5.41) is 0. The number of ether oxygens (including phenoxy) is 1. The fourth-order valence-corrected chi connectivity index (χ4v) is 1.42. The lowest BCUT2D eigenvalue weighted by Gasteiger charge is -2.12. The number of methoxy groups -OCH3 is 1. The average Bonchev–Trinajstić information content (AvgIpc) is 2.16. The zero-order chi connectivity index (χ0) is 9.84. The largest absolute Gasteiger partial charge is 0.497 e. The second kappa shape index (κ2) is 4.28. The van der Waals surface area contributed by atoms with Crippen LogP contribution in [0.5, 0.6) is 5.75 Å². The van der Waals surface area contributed by atoms with E-state index in [1.165, 1.54) is 11.1 Å². The third kappa shape index (κ3) is 2.22. The molecule has 2 N–H and O–H groups in total. The van der Waals surface area contributed by atoms with Gasteiger partial charge in [-0.2, -0.15) is 0 Å². The van der Waals surface area contributed by atoms with E-state index in [2.05, 4.69) is 19.9 Å². The molecule has 0 saturated carbocycles. The third-order valence-electron chi connectivity index (χ3n) is 2.19. The van der Waals surface area contributed by atoms with Gasteiger partial charge in [0.2, 0.25) is 0 Å². The molecule has 0 spiro atoms. The number of benzene rings is 1. The van der Waals surface area contributed by atoms with Gasteiger partial charge in [-0.3, -0.25) is 0 Å². The van der Waals surface area contributed by atoms with Crippen molar-refractivity contribution in [3.63, 3.8) is 0 Å². The summed E-state index contributed by atoms with van der Waals surface area (Å²) in [5.74, 6) is 1.40. The van der Waals surface area contributed by atoms with Gasteiger partial charge in [-0.05, 0) is 29.2 Å². The van der Waals surface area contributed by atoms with E-state index in [0.29, 0.717) is 12.5 Å². The summed E-state index contributed by atoms with van der Waals surface area (Å²) in [7, 11) is 1.68. The van der Waals surface area contributed by atoms with Crippen LogP contribution in [-0.2, 0) is 6.54 Å². The summed E-state index contributed by atoms with van der Waals surface area (Å²) in [6.07, 6.45) is 0. The Morgan fingerprint density at radius 3 is 2.54 bits per heavy atom. The van der Waals surface area contributed by atoms with Crippen LogP contribution in [0, 0.1) is 0 Å². The molecule has 0 heterocycles. The van der Waals surface area contributed by atoms with Gasteiger partial charge in [0.25, 0.3) is 0 Å². The third-order valence-corrected chi connectivity index (χ3v) is 2.19. The van der Waals surface area contributed by atoms with Gasteiger partial charge in [-0.25, -0.2) is 0 Å². The number of hydrogen-bond donors (Lipinski definition) is 1. The van der Waals surface area contributed by atoms with E-state index in [4.69, 9.17) is 10.5 Å². The van der Waals surface area contributed by atoms with E-state index in [-0.39, 0.29) is 0 Å². The Morgan fingerprint density at radius 1 is 1.38 bits per heavy atom. The number of nitrogens with two attached hydrogens (primary N) is 1. The summed E-state index contributed by atoms with van der Waals surface area (Å²) >= 11 is 0. The quantitative estimate of drug-likeness (QED) is 0.772. The van der Waals surface area contributed by atoms with E-state index >= 15 is 0 Å². The highest BCUT2D eigenvalue weighted by molar-refractivity contribution is 5.37. The zero-order valence-corrected chi connectivity index (χ0v) is 8.50. The van der Waals surface area contributed by atoms with Crippen molar-refractivity contribution in [3.8, 4) is 5.75 Å². The zero-order valence-electron chi connectivity index (χ0n) is 8.50. The van der Waals surface area contributed by atoms with Crippen molar-refractivity contribution < 1.29 is 4.74 Å². The molecule has 0 atom stereocenters. The molecule has 0 aliphatic carbocycles. The van der Waals surface area contributed by atoms with Crippen molar-refractivity contribution in [2.75, 3.05) is 7.11 Å². The van der Waals surface area contributed by atoms with Crippen molar-refractivity contribution in [1.29, 1.82) is 0 Å². The van der Waals surface area contributed by atoms with Crippen LogP contribution in [0.2, 0.25) is 0 Å². The van der Waals surface area contributed by atoms with E-state index in [1.54, 1.807) is 7.11 Å². The highest BCUT2D eigenvalue weighted by atomic mass is 16.5. The minimum absolute atomic E-state index is 0.494. The number of rotatable bonds is 3. The average molecular weight is 179 g/mol. The smallest absolute Gasteiger partial charge is 0.119 e. The van der Waals surface area contributed by atoms with Gasteiger partial charge >= 0.3 is 0 Å². The maximum Gasteiger partial charge on any atom is 0.119 e. The molecule has 0 aliphatic rings. The summed E-state index contributed by atoms with van der Waals surface area (Å²) in [4.78, 5) is 0. The van der Waals surface area contributed by atoms with Crippen LogP contribution in [0.3, 0.4) is 0 Å². The highest BCUT2D eigenvalue weighted by Crippen LogP contribution is 2.24. The SMILES string of the molecule is COc1ccc(CN)c(C(C)C)c1. The molecule has 1 rings (SSSR count). The number of hydrogen-bond acceptors (Lipinski definition) is 2. The highest BCUT2D eigenvalue weighted by Gasteiger charge is 2.06. The Hall–Kier alpha value is -1.02. The molecule has 0 amide bonds. The molecule has 1 aromatic rings. The second-order valence-corrected chi connectivity index (χ2v) is 3.42. The van der Waals surface area contributed by atoms with Gasteiger partial charge in [0, 0.05) is 6.54 Å². The first-order valence-electron chi connectivity index (χ1n) is 4.56. The Bertz CT molecular complexity index is 281. The van der Waals surface area contributed by atoms with Gasteiger partial charge in [-0.15, -0.1) is 0 Å². The van der Waals surface area contributed by atoms with Gasteiger partial charge < -0.3 is 10.5 Å². The Morgan fingerprint density at radius 2 is 2.08 bits per heavy atom. The molecule has 0 radical (unpaired) electrons. The van der Waals surface area contributed by atoms with Crippen LogP contribution < -0.4 is 10.5 Å². The molecular weight excluding hydrogens is 162 g/mol. The van der Waals surface area contributed by atoms with E-state index in [1.807, 2.05) is 12.1 Å². The molecule has 0 aliphatic heterocycles. The van der Waals surface area contributed by atoms with E-state index < -0.39 is 0 Å². The fourth-order valence-electron chi connectivity index (χ4n) is 1.42. The Kier molecular flexibility index (Phi) is 3.32. The normalized spacial score (nSPS) is 10.5. The van der Waals surface area contributed by atoms with Crippen LogP contribution in [0.25, 0.3) is 0 Å². The second-order valence-electron chi connectivity index (χ2n) is 3.42. The van der Waals surface area contributed by atoms with Gasteiger partial charge in [0.15, 0.2) is 0 Å². The van der Waals surface area contributed by atoms with Crippen molar-refractivity contribution in [1.82, 2.24) is 0 Å². The molecule has 2 heteroatoms. The maximum atomic E-state index is 5.64. The topological polar surface area (TPSA) is 35.2 Å². The first-order valence-corrected chi connectivity index (χ1v) is 4.56. The molecular formula is C11H17NO. The predicted octanol–water partition coefficient (Wildman–Crippen LogP) is 2.28. The van der Waals surface area contributed by atoms with Gasteiger partial charge in [0.05, 0.1) is 7.11 Å². The van der Waals surface area contributed by atoms with Crippen molar-refractivity contribution in [2.45, 2.75) is 26.3 Å². The minimum Gasteiger partial charge on any atom is -0.497 e. The van der Waals surface area contributed by atoms with E-state index in [0.717, 1.165) is 5.75 Å². The summed E-state index contributed by atoms with van der Waals surface area (Å²) < 4.78 is 5.16. The van der Waals surface area contributed by atoms with Crippen LogP contribution in [0.1, 0.15) is 30.9 Å². The Labute approximate surface area is 79.7 Å². The first kappa shape index (κ1) is 10.1. The molecule has 0 aromatic heterocycles. The van der Waals surface area contributed by atoms with Crippen molar-refractivity contribution >= 4 is 0 Å².